The van der Waals surface area contributed by atoms with Crippen molar-refractivity contribution in [1.29, 1.82) is 0 Å². The van der Waals surface area contributed by atoms with E-state index in [9.17, 15) is 9.59 Å². The van der Waals surface area contributed by atoms with Gasteiger partial charge in [0, 0.05) is 36.1 Å². The van der Waals surface area contributed by atoms with Gasteiger partial charge in [0.2, 0.25) is 0 Å². The van der Waals surface area contributed by atoms with Gasteiger partial charge in [0.1, 0.15) is 5.60 Å². The number of alkyl carbamates (subject to hydrolysis) is 1. The fraction of sp³-hybridized carbons (Fsp3) is 0.571. The number of rotatable bonds is 4. The molecule has 3 rings (SSSR count). The summed E-state index contributed by atoms with van der Waals surface area (Å²) in [6.07, 6.45) is 0.957. The van der Waals surface area contributed by atoms with Crippen LogP contribution in [0.2, 0.25) is 0 Å². The van der Waals surface area contributed by atoms with E-state index in [0.29, 0.717) is 25.3 Å². The lowest BCUT2D eigenvalue weighted by molar-refractivity contribution is -0.0371. The number of hydrogen-bond donors (Lipinski definition) is 1. The molecular formula is C21H30N4O4S. The molecule has 1 fully saturated rings. The van der Waals surface area contributed by atoms with Crippen molar-refractivity contribution in [3.05, 3.63) is 34.6 Å². The molecule has 0 bridgehead atoms. The zero-order valence-corrected chi connectivity index (χ0v) is 19.2. The van der Waals surface area contributed by atoms with Crippen molar-refractivity contribution < 1.29 is 19.1 Å². The number of ether oxygens (including phenoxy) is 2. The molecule has 2 aromatic heterocycles. The van der Waals surface area contributed by atoms with Crippen LogP contribution in [-0.2, 0) is 9.47 Å². The molecule has 9 heteroatoms. The van der Waals surface area contributed by atoms with Gasteiger partial charge in [0.15, 0.2) is 5.13 Å². The lowest BCUT2D eigenvalue weighted by Gasteiger charge is -2.36. The van der Waals surface area contributed by atoms with E-state index in [1.54, 1.807) is 11.1 Å². The number of morpholine rings is 1. The Morgan fingerprint density at radius 2 is 2.10 bits per heavy atom. The summed E-state index contributed by atoms with van der Waals surface area (Å²) in [7, 11) is 0. The highest BCUT2D eigenvalue weighted by Crippen LogP contribution is 2.24. The molecule has 3 heterocycles. The lowest BCUT2D eigenvalue weighted by Crippen LogP contribution is -2.54. The molecule has 0 aliphatic carbocycles. The zero-order valence-electron chi connectivity index (χ0n) is 18.4. The van der Waals surface area contributed by atoms with E-state index in [1.165, 1.54) is 11.3 Å². The molecule has 30 heavy (non-hydrogen) atoms. The summed E-state index contributed by atoms with van der Waals surface area (Å²) in [6, 6.07) is 1.62. The topological polar surface area (TPSA) is 85.7 Å². The number of nitrogens with zero attached hydrogens (tertiary/aromatic N) is 3. The predicted octanol–water partition coefficient (Wildman–Crippen LogP) is 3.30. The number of thiazole rings is 1. The predicted molar refractivity (Wildman–Crippen MR) is 115 cm³/mol. The first kappa shape index (κ1) is 22.3. The Labute approximate surface area is 181 Å². The molecular weight excluding hydrogens is 404 g/mol. The van der Waals surface area contributed by atoms with Crippen molar-refractivity contribution in [2.24, 2.45) is 0 Å². The van der Waals surface area contributed by atoms with Gasteiger partial charge in [-0.15, -0.1) is 11.3 Å². The van der Waals surface area contributed by atoms with Crippen LogP contribution < -0.4 is 5.32 Å². The Balaban J connectivity index is 1.69. The molecule has 1 aliphatic rings. The summed E-state index contributed by atoms with van der Waals surface area (Å²) >= 11 is 1.53. The van der Waals surface area contributed by atoms with Crippen LogP contribution in [0.15, 0.2) is 17.6 Å². The summed E-state index contributed by atoms with van der Waals surface area (Å²) in [5.74, 6) is -0.0383. The van der Waals surface area contributed by atoms with Gasteiger partial charge >= 0.3 is 6.09 Å². The standard InChI is InChI=1S/C21H30N4O4S/c1-13-11-16(15(3)25(13)19-22-7-10-30-19)18(26)24-8-9-28-17(12-24)14(2)23-20(27)29-21(4,5)6/h7,10-11,14,17H,8-9,12H2,1-6H3,(H,23,27)/t14-,17-/m1/s1. The summed E-state index contributed by atoms with van der Waals surface area (Å²) in [5, 5.41) is 5.58. The van der Waals surface area contributed by atoms with E-state index >= 15 is 0 Å². The van der Waals surface area contributed by atoms with Gasteiger partial charge in [0.05, 0.1) is 24.3 Å². The van der Waals surface area contributed by atoms with Gasteiger partial charge in [0.25, 0.3) is 5.91 Å². The second-order valence-corrected chi connectivity index (χ2v) is 9.40. The first-order chi connectivity index (χ1) is 14.1. The van der Waals surface area contributed by atoms with Crippen molar-refractivity contribution in [2.75, 3.05) is 19.7 Å². The molecule has 2 amide bonds. The number of carbonyl (C=O) groups is 2. The number of carbonyl (C=O) groups excluding carboxylic acids is 2. The maximum atomic E-state index is 13.3. The zero-order chi connectivity index (χ0) is 22.1. The fourth-order valence-corrected chi connectivity index (χ4v) is 4.27. The largest absolute Gasteiger partial charge is 0.444 e. The minimum absolute atomic E-state index is 0.0383. The first-order valence-corrected chi connectivity index (χ1v) is 10.9. The van der Waals surface area contributed by atoms with Crippen molar-refractivity contribution in [3.63, 3.8) is 0 Å². The Kier molecular flexibility index (Phi) is 6.52. The van der Waals surface area contributed by atoms with Crippen molar-refractivity contribution in [2.45, 2.75) is 59.3 Å². The summed E-state index contributed by atoms with van der Waals surface area (Å²) < 4.78 is 13.1. The maximum Gasteiger partial charge on any atom is 0.407 e. The van der Waals surface area contributed by atoms with Crippen LogP contribution in [0.4, 0.5) is 4.79 Å². The smallest absolute Gasteiger partial charge is 0.407 e. The molecule has 0 aromatic carbocycles. The van der Waals surface area contributed by atoms with Crippen molar-refractivity contribution >= 4 is 23.3 Å². The molecule has 8 nitrogen and oxygen atoms in total. The number of hydrogen-bond acceptors (Lipinski definition) is 6. The average Bonchev–Trinajstić information content (AvgIpc) is 3.27. The Morgan fingerprint density at radius 3 is 2.73 bits per heavy atom. The highest BCUT2D eigenvalue weighted by molar-refractivity contribution is 7.12. The fourth-order valence-electron chi connectivity index (χ4n) is 3.52. The Bertz CT molecular complexity index is 901. The van der Waals surface area contributed by atoms with Crippen LogP contribution in [-0.4, -0.2) is 63.9 Å². The van der Waals surface area contributed by atoms with E-state index in [-0.39, 0.29) is 18.1 Å². The van der Waals surface area contributed by atoms with Crippen LogP contribution >= 0.6 is 11.3 Å². The second kappa shape index (κ2) is 8.77. The number of aromatic nitrogens is 2. The third-order valence-electron chi connectivity index (χ3n) is 4.95. The number of nitrogens with one attached hydrogen (secondary N) is 1. The van der Waals surface area contributed by atoms with E-state index in [0.717, 1.165) is 16.5 Å². The summed E-state index contributed by atoms with van der Waals surface area (Å²) in [6.45, 7) is 12.5. The van der Waals surface area contributed by atoms with Crippen LogP contribution in [0.3, 0.4) is 0 Å². The van der Waals surface area contributed by atoms with Crippen LogP contribution in [0.5, 0.6) is 0 Å². The summed E-state index contributed by atoms with van der Waals surface area (Å²) in [5.41, 5.74) is 1.93. The highest BCUT2D eigenvalue weighted by Gasteiger charge is 2.32. The maximum absolute atomic E-state index is 13.3. The molecule has 2 atom stereocenters. The molecule has 164 valence electrons. The van der Waals surface area contributed by atoms with Gasteiger partial charge in [-0.2, -0.15) is 0 Å². The molecule has 2 aromatic rings. The van der Waals surface area contributed by atoms with Crippen molar-refractivity contribution in [3.8, 4) is 5.13 Å². The number of amides is 2. The van der Waals surface area contributed by atoms with E-state index in [2.05, 4.69) is 10.3 Å². The van der Waals surface area contributed by atoms with Gasteiger partial charge in [-0.25, -0.2) is 9.78 Å². The van der Waals surface area contributed by atoms with Crippen molar-refractivity contribution in [1.82, 2.24) is 19.8 Å². The molecule has 1 N–H and O–H groups in total. The Hall–Kier alpha value is -2.39. The van der Waals surface area contributed by atoms with Crippen LogP contribution in [0, 0.1) is 13.8 Å². The highest BCUT2D eigenvalue weighted by atomic mass is 32.1. The molecule has 0 saturated carbocycles. The van der Waals surface area contributed by atoms with E-state index < -0.39 is 11.7 Å². The normalized spacial score (nSPS) is 18.2. The minimum Gasteiger partial charge on any atom is -0.444 e. The van der Waals surface area contributed by atoms with Gasteiger partial charge in [-0.3, -0.25) is 9.36 Å². The van der Waals surface area contributed by atoms with Gasteiger partial charge < -0.3 is 19.7 Å². The molecule has 0 radical (unpaired) electrons. The lowest BCUT2D eigenvalue weighted by atomic mass is 10.1. The van der Waals surface area contributed by atoms with Gasteiger partial charge in [-0.1, -0.05) is 0 Å². The molecule has 1 saturated heterocycles. The third-order valence-corrected chi connectivity index (χ3v) is 5.71. The molecule has 0 spiro atoms. The quantitative estimate of drug-likeness (QED) is 0.798. The third kappa shape index (κ3) is 5.02. The van der Waals surface area contributed by atoms with Crippen LogP contribution in [0.1, 0.15) is 49.4 Å². The second-order valence-electron chi connectivity index (χ2n) is 8.53. The first-order valence-electron chi connectivity index (χ1n) is 10.1. The van der Waals surface area contributed by atoms with E-state index in [4.69, 9.17) is 9.47 Å². The molecule has 0 unspecified atom stereocenters. The SMILES string of the molecule is Cc1cc(C(=O)N2CCO[C@@H]([C@@H](C)NC(=O)OC(C)(C)C)C2)c(C)n1-c1nccs1. The van der Waals surface area contributed by atoms with Gasteiger partial charge in [-0.05, 0) is 47.6 Å². The molecule has 1 aliphatic heterocycles. The Morgan fingerprint density at radius 1 is 1.37 bits per heavy atom. The average molecular weight is 435 g/mol. The minimum atomic E-state index is -0.570. The van der Waals surface area contributed by atoms with Crippen LogP contribution in [0.25, 0.3) is 5.13 Å². The monoisotopic (exact) mass is 434 g/mol. The van der Waals surface area contributed by atoms with E-state index in [1.807, 2.05) is 57.6 Å². The number of aryl methyl sites for hydroxylation is 1. The summed E-state index contributed by atoms with van der Waals surface area (Å²) in [4.78, 5) is 31.5.